The van der Waals surface area contributed by atoms with Gasteiger partial charge in [0.25, 0.3) is 0 Å². The summed E-state index contributed by atoms with van der Waals surface area (Å²) in [5.74, 6) is -2.71. The van der Waals surface area contributed by atoms with Gasteiger partial charge in [-0.2, -0.15) is 12.6 Å². The average molecular weight is 304 g/mol. The van der Waals surface area contributed by atoms with E-state index in [1.165, 1.54) is 0 Å². The van der Waals surface area contributed by atoms with E-state index < -0.39 is 35.7 Å². The molecule has 0 saturated carbocycles. The van der Waals surface area contributed by atoms with E-state index in [9.17, 15) is 19.2 Å². The van der Waals surface area contributed by atoms with Gasteiger partial charge in [-0.25, -0.2) is 0 Å². The lowest BCUT2D eigenvalue weighted by molar-refractivity contribution is -0.138. The number of nitrogens with one attached hydrogen (secondary N) is 2. The summed E-state index contributed by atoms with van der Waals surface area (Å²) in [4.78, 5) is 44.2. The number of hydrogen-bond acceptors (Lipinski definition) is 6. The van der Waals surface area contributed by atoms with Crippen molar-refractivity contribution in [3.05, 3.63) is 6.92 Å². The van der Waals surface area contributed by atoms with Gasteiger partial charge >= 0.3 is 5.97 Å². The van der Waals surface area contributed by atoms with Crippen LogP contribution in [-0.2, 0) is 19.2 Å². The van der Waals surface area contributed by atoms with Crippen LogP contribution in [0.2, 0.25) is 0 Å². The van der Waals surface area contributed by atoms with Gasteiger partial charge in [0.2, 0.25) is 11.8 Å². The third-order valence-electron chi connectivity index (χ3n) is 2.29. The molecule has 0 rings (SSSR count). The number of Topliss-reactive ketones (excluding diaryl/α,β-unsaturated/α-hetero) is 1. The molecule has 0 aliphatic rings. The fourth-order valence-corrected chi connectivity index (χ4v) is 1.44. The molecule has 5 N–H and O–H groups in total. The lowest BCUT2D eigenvalue weighted by Crippen LogP contribution is -2.49. The van der Waals surface area contributed by atoms with Crippen molar-refractivity contribution in [2.24, 2.45) is 5.73 Å². The largest absolute Gasteiger partial charge is 0.480 e. The van der Waals surface area contributed by atoms with Crippen LogP contribution in [0, 0.1) is 6.92 Å². The summed E-state index contributed by atoms with van der Waals surface area (Å²) in [5.41, 5.74) is 5.25. The Hall–Kier alpha value is -1.61. The lowest BCUT2D eigenvalue weighted by atomic mass is 10.1. The van der Waals surface area contributed by atoms with Gasteiger partial charge in [0, 0.05) is 19.1 Å². The van der Waals surface area contributed by atoms with Gasteiger partial charge in [0.1, 0.15) is 12.1 Å². The van der Waals surface area contributed by atoms with Crippen LogP contribution in [0.15, 0.2) is 0 Å². The van der Waals surface area contributed by atoms with Crippen molar-refractivity contribution in [2.45, 2.75) is 24.9 Å². The number of carbonyl (C=O) groups excluding carboxylic acids is 3. The van der Waals surface area contributed by atoms with E-state index in [1.807, 2.05) is 0 Å². The molecular weight excluding hydrogens is 286 g/mol. The highest BCUT2D eigenvalue weighted by Crippen LogP contribution is 1.97. The Kier molecular flexibility index (Phi) is 8.57. The quantitative estimate of drug-likeness (QED) is 0.316. The van der Waals surface area contributed by atoms with E-state index in [0.717, 1.165) is 0 Å². The summed E-state index contributed by atoms with van der Waals surface area (Å²) >= 11 is 3.92. The highest BCUT2D eigenvalue weighted by atomic mass is 32.1. The number of carboxylic acids is 1. The second-order valence-electron chi connectivity index (χ2n) is 4.04. The van der Waals surface area contributed by atoms with Gasteiger partial charge in [-0.3, -0.25) is 19.2 Å². The maximum atomic E-state index is 11.6. The predicted molar refractivity (Wildman–Crippen MR) is 74.0 cm³/mol. The van der Waals surface area contributed by atoms with Crippen LogP contribution < -0.4 is 16.4 Å². The zero-order valence-electron chi connectivity index (χ0n) is 10.8. The fourth-order valence-electron chi connectivity index (χ4n) is 1.18. The second-order valence-corrected chi connectivity index (χ2v) is 4.41. The molecule has 0 aromatic rings. The zero-order chi connectivity index (χ0) is 15.7. The first-order valence-corrected chi connectivity index (χ1v) is 6.42. The molecule has 113 valence electrons. The van der Waals surface area contributed by atoms with Crippen LogP contribution in [0.3, 0.4) is 0 Å². The summed E-state index contributed by atoms with van der Waals surface area (Å²) in [6.45, 7) is 2.86. The number of carbonyl (C=O) groups is 4. The average Bonchev–Trinajstić information content (AvgIpc) is 2.38. The second kappa shape index (κ2) is 9.32. The number of nitrogens with two attached hydrogens (primary N) is 1. The monoisotopic (exact) mass is 304 g/mol. The van der Waals surface area contributed by atoms with Crippen molar-refractivity contribution in [1.29, 1.82) is 0 Å². The van der Waals surface area contributed by atoms with Gasteiger partial charge < -0.3 is 21.5 Å². The van der Waals surface area contributed by atoms with Gasteiger partial charge in [0.15, 0.2) is 5.78 Å². The number of thiol groups is 1. The van der Waals surface area contributed by atoms with Crippen molar-refractivity contribution in [1.82, 2.24) is 10.6 Å². The smallest absolute Gasteiger partial charge is 0.320 e. The number of amides is 2. The summed E-state index contributed by atoms with van der Waals surface area (Å²) < 4.78 is 0. The number of aliphatic carboxylic acids is 1. The Balaban J connectivity index is 4.21. The maximum absolute atomic E-state index is 11.6. The van der Waals surface area contributed by atoms with Gasteiger partial charge in [-0.15, -0.1) is 0 Å². The van der Waals surface area contributed by atoms with Crippen LogP contribution in [-0.4, -0.2) is 53.1 Å². The van der Waals surface area contributed by atoms with E-state index in [1.54, 1.807) is 0 Å². The molecule has 0 aromatic heterocycles. The van der Waals surface area contributed by atoms with E-state index in [2.05, 4.69) is 30.2 Å². The van der Waals surface area contributed by atoms with Crippen molar-refractivity contribution < 1.29 is 24.3 Å². The highest BCUT2D eigenvalue weighted by Gasteiger charge is 2.20. The topological polar surface area (TPSA) is 139 Å². The lowest BCUT2D eigenvalue weighted by Gasteiger charge is -2.16. The molecule has 0 aromatic carbocycles. The standard InChI is InChI=1S/C11H18N3O5S/c1-6(15)4-13-10(17)8(5-20)14-9(16)3-2-7(12)11(18)19/h7-8,20H,1-5,12H2,(H,13,17)(H,14,16)(H,18,19)/t7-,8-/m0/s1. The fraction of sp³-hybridized carbons (Fsp3) is 0.545. The molecular formula is C11H18N3O5S. The van der Waals surface area contributed by atoms with Crippen LogP contribution >= 0.6 is 12.6 Å². The Morgan fingerprint density at radius 2 is 1.90 bits per heavy atom. The minimum atomic E-state index is -1.20. The SMILES string of the molecule is [CH2]C(=O)CNC(=O)[C@H](CS)NC(=O)CC[C@H](N)C(=O)O. The Morgan fingerprint density at radius 1 is 1.30 bits per heavy atom. The van der Waals surface area contributed by atoms with Crippen molar-refractivity contribution >= 4 is 36.2 Å². The molecule has 9 heteroatoms. The summed E-state index contributed by atoms with van der Waals surface area (Å²) in [7, 11) is 0. The molecule has 8 nitrogen and oxygen atoms in total. The normalized spacial score (nSPS) is 13.2. The van der Waals surface area contributed by atoms with E-state index in [0.29, 0.717) is 0 Å². The van der Waals surface area contributed by atoms with Crippen molar-refractivity contribution in [3.63, 3.8) is 0 Å². The van der Waals surface area contributed by atoms with Crippen LogP contribution in [0.4, 0.5) is 0 Å². The van der Waals surface area contributed by atoms with E-state index in [4.69, 9.17) is 10.8 Å². The van der Waals surface area contributed by atoms with Gasteiger partial charge in [-0.05, 0) is 6.42 Å². The summed E-state index contributed by atoms with van der Waals surface area (Å²) in [5, 5.41) is 13.2. The Bertz CT molecular complexity index is 388. The number of rotatable bonds is 9. The molecule has 0 saturated heterocycles. The van der Waals surface area contributed by atoms with Gasteiger partial charge in [0.05, 0.1) is 6.54 Å². The molecule has 0 aliphatic heterocycles. The molecule has 2 atom stereocenters. The van der Waals surface area contributed by atoms with Crippen molar-refractivity contribution in [2.75, 3.05) is 12.3 Å². The highest BCUT2D eigenvalue weighted by molar-refractivity contribution is 7.80. The minimum absolute atomic E-state index is 0.0356. The summed E-state index contributed by atoms with van der Waals surface area (Å²) in [6, 6.07) is -2.04. The number of ketones is 1. The summed E-state index contributed by atoms with van der Waals surface area (Å²) in [6.07, 6.45) is -0.168. The Labute approximate surface area is 121 Å². The van der Waals surface area contributed by atoms with Gasteiger partial charge in [-0.1, -0.05) is 0 Å². The third kappa shape index (κ3) is 7.74. The van der Waals surface area contributed by atoms with Crippen LogP contribution in [0.25, 0.3) is 0 Å². The first-order chi connectivity index (χ1) is 9.27. The molecule has 0 fully saturated rings. The number of hydrogen-bond donors (Lipinski definition) is 5. The van der Waals surface area contributed by atoms with Crippen molar-refractivity contribution in [3.8, 4) is 0 Å². The molecule has 2 amide bonds. The first kappa shape index (κ1) is 18.4. The maximum Gasteiger partial charge on any atom is 0.320 e. The first-order valence-electron chi connectivity index (χ1n) is 5.79. The molecule has 0 unspecified atom stereocenters. The molecule has 20 heavy (non-hydrogen) atoms. The van der Waals surface area contributed by atoms with Crippen LogP contribution in [0.5, 0.6) is 0 Å². The minimum Gasteiger partial charge on any atom is -0.480 e. The molecule has 0 aliphatic carbocycles. The number of carboxylic acid groups (broad SMARTS) is 1. The van der Waals surface area contributed by atoms with E-state index >= 15 is 0 Å². The third-order valence-corrected chi connectivity index (χ3v) is 2.66. The zero-order valence-corrected chi connectivity index (χ0v) is 11.7. The Morgan fingerprint density at radius 3 is 2.35 bits per heavy atom. The molecule has 1 radical (unpaired) electrons. The molecule has 0 bridgehead atoms. The van der Waals surface area contributed by atoms with E-state index in [-0.39, 0.29) is 25.1 Å². The van der Waals surface area contributed by atoms with Crippen LogP contribution in [0.1, 0.15) is 12.8 Å². The predicted octanol–water partition coefficient (Wildman–Crippen LogP) is -1.89. The molecule has 0 spiro atoms. The molecule has 0 heterocycles.